The van der Waals surface area contributed by atoms with E-state index in [0.29, 0.717) is 5.69 Å². The number of hydrogen-bond acceptors (Lipinski definition) is 4. The average Bonchev–Trinajstić information content (AvgIpc) is 2.52. The molecule has 0 saturated heterocycles. The second kappa shape index (κ2) is 7.12. The zero-order valence-corrected chi connectivity index (χ0v) is 14.8. The Morgan fingerprint density at radius 1 is 1.22 bits per heavy atom. The van der Waals surface area contributed by atoms with Gasteiger partial charge in [0.25, 0.3) is 15.9 Å². The first-order chi connectivity index (χ1) is 10.8. The predicted octanol–water partition coefficient (Wildman–Crippen LogP) is 1.94. The summed E-state index contributed by atoms with van der Waals surface area (Å²) in [6.07, 6.45) is 0. The molecule has 0 radical (unpaired) electrons. The van der Waals surface area contributed by atoms with Gasteiger partial charge in [-0.3, -0.25) is 14.5 Å². The van der Waals surface area contributed by atoms with Crippen LogP contribution in [0.3, 0.4) is 0 Å². The molecule has 23 heavy (non-hydrogen) atoms. The third-order valence-electron chi connectivity index (χ3n) is 3.14. The summed E-state index contributed by atoms with van der Waals surface area (Å²) in [7, 11) is -3.90. The van der Waals surface area contributed by atoms with Crippen molar-refractivity contribution >= 4 is 37.5 Å². The molecular weight excluding hydrogens is 382 g/mol. The number of nitrogens with one attached hydrogen (secondary N) is 1. The zero-order chi connectivity index (χ0) is 17.0. The molecule has 0 heterocycles. The molecule has 0 fully saturated rings. The molecule has 0 bridgehead atoms. The highest BCUT2D eigenvalue weighted by Gasteiger charge is 2.27. The maximum absolute atomic E-state index is 12.9. The fourth-order valence-electron chi connectivity index (χ4n) is 2.01. The van der Waals surface area contributed by atoms with E-state index in [1.807, 2.05) is 18.4 Å². The van der Waals surface area contributed by atoms with Crippen LogP contribution in [0.5, 0.6) is 0 Å². The molecule has 6 nitrogen and oxygen atoms in total. The number of aryl methyl sites for hydroxylation is 1. The van der Waals surface area contributed by atoms with Crippen molar-refractivity contribution in [3.8, 4) is 0 Å². The van der Waals surface area contributed by atoms with E-state index < -0.39 is 22.5 Å². The van der Waals surface area contributed by atoms with Crippen LogP contribution in [0.25, 0.3) is 0 Å². The molecule has 2 aromatic carbocycles. The van der Waals surface area contributed by atoms with E-state index in [-0.39, 0.29) is 4.90 Å². The molecule has 0 spiro atoms. The van der Waals surface area contributed by atoms with Crippen LogP contribution in [-0.4, -0.2) is 20.9 Å². The standard InChI is InChI=1S/C15H16BrN3O3S/c1-11-3-2-4-13(9-11)19(10-15(20)18-17)23(21,22)14-7-5-12(16)6-8-14/h2-9H,10,17H2,1H3,(H,18,20). The minimum atomic E-state index is -3.90. The van der Waals surface area contributed by atoms with E-state index in [9.17, 15) is 13.2 Å². The van der Waals surface area contributed by atoms with Crippen LogP contribution >= 0.6 is 15.9 Å². The molecule has 0 aromatic heterocycles. The number of hydrogen-bond donors (Lipinski definition) is 2. The van der Waals surface area contributed by atoms with Crippen molar-refractivity contribution in [3.05, 3.63) is 58.6 Å². The minimum absolute atomic E-state index is 0.0898. The van der Waals surface area contributed by atoms with Crippen LogP contribution in [-0.2, 0) is 14.8 Å². The highest BCUT2D eigenvalue weighted by molar-refractivity contribution is 9.10. The Balaban J connectivity index is 2.51. The number of carbonyl (C=O) groups is 1. The number of nitrogens with zero attached hydrogens (tertiary/aromatic N) is 1. The van der Waals surface area contributed by atoms with E-state index >= 15 is 0 Å². The Morgan fingerprint density at radius 2 is 1.87 bits per heavy atom. The van der Waals surface area contributed by atoms with Crippen molar-refractivity contribution in [3.63, 3.8) is 0 Å². The molecule has 8 heteroatoms. The fraction of sp³-hybridized carbons (Fsp3) is 0.133. The third kappa shape index (κ3) is 4.10. The summed E-state index contributed by atoms with van der Waals surface area (Å²) in [5, 5.41) is 0. The number of amides is 1. The Labute approximate surface area is 143 Å². The molecule has 0 saturated carbocycles. The topological polar surface area (TPSA) is 92.5 Å². The maximum atomic E-state index is 12.9. The second-order valence-electron chi connectivity index (χ2n) is 4.87. The van der Waals surface area contributed by atoms with Gasteiger partial charge in [0.2, 0.25) is 0 Å². The summed E-state index contributed by atoms with van der Waals surface area (Å²) >= 11 is 3.27. The number of rotatable bonds is 5. The Hall–Kier alpha value is -1.90. The summed E-state index contributed by atoms with van der Waals surface area (Å²) in [5.41, 5.74) is 3.24. The smallest absolute Gasteiger partial charge is 0.264 e. The van der Waals surface area contributed by atoms with E-state index in [1.54, 1.807) is 30.3 Å². The highest BCUT2D eigenvalue weighted by Crippen LogP contribution is 2.25. The Morgan fingerprint density at radius 3 is 2.43 bits per heavy atom. The molecule has 1 amide bonds. The van der Waals surface area contributed by atoms with Crippen LogP contribution in [0.4, 0.5) is 5.69 Å². The number of hydrazine groups is 1. The van der Waals surface area contributed by atoms with Gasteiger partial charge in [-0.1, -0.05) is 28.1 Å². The van der Waals surface area contributed by atoms with Crippen LogP contribution in [0.1, 0.15) is 5.56 Å². The highest BCUT2D eigenvalue weighted by atomic mass is 79.9. The number of sulfonamides is 1. The van der Waals surface area contributed by atoms with Gasteiger partial charge in [-0.15, -0.1) is 0 Å². The minimum Gasteiger partial charge on any atom is -0.293 e. The van der Waals surface area contributed by atoms with Gasteiger partial charge in [-0.25, -0.2) is 14.3 Å². The first-order valence-electron chi connectivity index (χ1n) is 6.69. The molecule has 3 N–H and O–H groups in total. The SMILES string of the molecule is Cc1cccc(N(CC(=O)NN)S(=O)(=O)c2ccc(Br)cc2)c1. The molecule has 2 aromatic rings. The number of nitrogens with two attached hydrogens (primary N) is 1. The lowest BCUT2D eigenvalue weighted by Crippen LogP contribution is -2.43. The molecule has 122 valence electrons. The van der Waals surface area contributed by atoms with Gasteiger partial charge in [-0.2, -0.15) is 0 Å². The molecule has 0 unspecified atom stereocenters. The third-order valence-corrected chi connectivity index (χ3v) is 5.46. The van der Waals surface area contributed by atoms with Crippen molar-refractivity contribution < 1.29 is 13.2 Å². The predicted molar refractivity (Wildman–Crippen MR) is 92.2 cm³/mol. The van der Waals surface area contributed by atoms with Gasteiger partial charge >= 0.3 is 0 Å². The number of halogens is 1. The van der Waals surface area contributed by atoms with Gasteiger partial charge in [0.15, 0.2) is 0 Å². The lowest BCUT2D eigenvalue weighted by Gasteiger charge is -2.24. The maximum Gasteiger partial charge on any atom is 0.264 e. The lowest BCUT2D eigenvalue weighted by atomic mass is 10.2. The Bertz CT molecular complexity index is 807. The van der Waals surface area contributed by atoms with Crippen LogP contribution < -0.4 is 15.6 Å². The van der Waals surface area contributed by atoms with Crippen LogP contribution in [0, 0.1) is 6.92 Å². The van der Waals surface area contributed by atoms with Gasteiger partial charge in [-0.05, 0) is 48.9 Å². The van der Waals surface area contributed by atoms with Crippen LogP contribution in [0.2, 0.25) is 0 Å². The van der Waals surface area contributed by atoms with Crippen molar-refractivity contribution in [1.29, 1.82) is 0 Å². The monoisotopic (exact) mass is 397 g/mol. The molecule has 0 aliphatic carbocycles. The zero-order valence-electron chi connectivity index (χ0n) is 12.4. The van der Waals surface area contributed by atoms with E-state index in [0.717, 1.165) is 14.3 Å². The summed E-state index contributed by atoms with van der Waals surface area (Å²) in [6, 6.07) is 13.1. The van der Waals surface area contributed by atoms with E-state index in [2.05, 4.69) is 15.9 Å². The molecule has 0 atom stereocenters. The largest absolute Gasteiger partial charge is 0.293 e. The summed E-state index contributed by atoms with van der Waals surface area (Å²) in [6.45, 7) is 1.44. The van der Waals surface area contributed by atoms with Gasteiger partial charge in [0.05, 0.1) is 10.6 Å². The van der Waals surface area contributed by atoms with Crippen molar-refractivity contribution in [2.45, 2.75) is 11.8 Å². The normalized spacial score (nSPS) is 11.1. The van der Waals surface area contributed by atoms with Gasteiger partial charge < -0.3 is 0 Å². The van der Waals surface area contributed by atoms with Gasteiger partial charge in [0, 0.05) is 4.47 Å². The van der Waals surface area contributed by atoms with Crippen molar-refractivity contribution in [2.75, 3.05) is 10.8 Å². The first-order valence-corrected chi connectivity index (χ1v) is 8.92. The molecule has 2 rings (SSSR count). The average molecular weight is 398 g/mol. The number of anilines is 1. The summed E-state index contributed by atoms with van der Waals surface area (Å²) in [5.74, 6) is 4.50. The second-order valence-corrected chi connectivity index (χ2v) is 7.65. The van der Waals surface area contributed by atoms with Gasteiger partial charge in [0.1, 0.15) is 6.54 Å². The van der Waals surface area contributed by atoms with Crippen molar-refractivity contribution in [1.82, 2.24) is 5.43 Å². The molecule has 0 aliphatic rings. The fourth-order valence-corrected chi connectivity index (χ4v) is 3.69. The lowest BCUT2D eigenvalue weighted by molar-refractivity contribution is -0.119. The quantitative estimate of drug-likeness (QED) is 0.458. The Kier molecular flexibility index (Phi) is 5.40. The molecular formula is C15H16BrN3O3S. The number of carbonyl (C=O) groups excluding carboxylic acids is 1. The van der Waals surface area contributed by atoms with Crippen molar-refractivity contribution in [2.24, 2.45) is 5.84 Å². The van der Waals surface area contributed by atoms with E-state index in [4.69, 9.17) is 5.84 Å². The summed E-state index contributed by atoms with van der Waals surface area (Å²) in [4.78, 5) is 11.8. The summed E-state index contributed by atoms with van der Waals surface area (Å²) < 4.78 is 27.6. The van der Waals surface area contributed by atoms with Crippen LogP contribution in [0.15, 0.2) is 57.9 Å². The number of benzene rings is 2. The molecule has 0 aliphatic heterocycles. The van der Waals surface area contributed by atoms with E-state index in [1.165, 1.54) is 12.1 Å². The first kappa shape index (κ1) is 17.5.